The van der Waals surface area contributed by atoms with Crippen molar-refractivity contribution in [1.82, 2.24) is 0 Å². The second-order valence-corrected chi connectivity index (χ2v) is 4.30. The summed E-state index contributed by atoms with van der Waals surface area (Å²) in [4.78, 5) is 0. The van der Waals surface area contributed by atoms with E-state index < -0.39 is 0 Å². The van der Waals surface area contributed by atoms with E-state index in [4.69, 9.17) is 4.74 Å². The summed E-state index contributed by atoms with van der Waals surface area (Å²) >= 11 is 0. The number of rotatable bonds is 3. The van der Waals surface area contributed by atoms with Crippen molar-refractivity contribution in [3.05, 3.63) is 35.4 Å². The minimum absolute atomic E-state index is 0.197. The number of aryl methyl sites for hydroxylation is 1. The molecular formula is C14H18O2. The first-order valence-electron chi connectivity index (χ1n) is 5.74. The van der Waals surface area contributed by atoms with Crippen LogP contribution in [-0.4, -0.2) is 18.8 Å². The number of allylic oxidation sites excluding steroid dienone is 1. The first-order valence-corrected chi connectivity index (χ1v) is 5.74. The standard InChI is InChI=1S/C14H18O2/c1-10(9-15)13-5-3-4-11-6-7-12(16-2)8-14(11)13/h5-8,10,15H,3-4,9H2,1-2H3. The van der Waals surface area contributed by atoms with Gasteiger partial charge in [-0.3, -0.25) is 0 Å². The van der Waals surface area contributed by atoms with Crippen LogP contribution >= 0.6 is 0 Å². The zero-order valence-electron chi connectivity index (χ0n) is 9.86. The van der Waals surface area contributed by atoms with Gasteiger partial charge in [0.05, 0.1) is 7.11 Å². The number of ether oxygens (including phenoxy) is 1. The first-order chi connectivity index (χ1) is 7.76. The number of methoxy groups -OCH3 is 1. The van der Waals surface area contributed by atoms with Gasteiger partial charge < -0.3 is 9.84 Å². The number of fused-ring (bicyclic) bond motifs is 1. The summed E-state index contributed by atoms with van der Waals surface area (Å²) in [6, 6.07) is 6.21. The molecule has 1 aliphatic carbocycles. The topological polar surface area (TPSA) is 29.5 Å². The van der Waals surface area contributed by atoms with Gasteiger partial charge in [0.2, 0.25) is 0 Å². The SMILES string of the molecule is COc1ccc2c(c1)C(C(C)CO)=CCC2. The van der Waals surface area contributed by atoms with Gasteiger partial charge in [0.25, 0.3) is 0 Å². The fourth-order valence-electron chi connectivity index (χ4n) is 2.23. The van der Waals surface area contributed by atoms with Crippen molar-refractivity contribution < 1.29 is 9.84 Å². The molecule has 0 fully saturated rings. The Morgan fingerprint density at radius 3 is 2.94 bits per heavy atom. The molecule has 0 saturated heterocycles. The Bertz CT molecular complexity index is 407. The molecule has 0 aliphatic heterocycles. The summed E-state index contributed by atoms with van der Waals surface area (Å²) < 4.78 is 5.25. The Labute approximate surface area is 96.6 Å². The average Bonchev–Trinajstić information content (AvgIpc) is 2.36. The lowest BCUT2D eigenvalue weighted by Gasteiger charge is -2.22. The second-order valence-electron chi connectivity index (χ2n) is 4.30. The summed E-state index contributed by atoms with van der Waals surface area (Å²) in [5, 5.41) is 9.27. The molecule has 1 unspecified atom stereocenters. The molecule has 2 heteroatoms. The van der Waals surface area contributed by atoms with E-state index in [1.54, 1.807) is 7.11 Å². The first kappa shape index (κ1) is 11.2. The monoisotopic (exact) mass is 218 g/mol. The molecule has 2 nitrogen and oxygen atoms in total. The van der Waals surface area contributed by atoms with Crippen LogP contribution in [-0.2, 0) is 6.42 Å². The maximum Gasteiger partial charge on any atom is 0.119 e. The maximum atomic E-state index is 9.27. The molecule has 0 heterocycles. The zero-order valence-corrected chi connectivity index (χ0v) is 9.86. The zero-order chi connectivity index (χ0) is 11.5. The van der Waals surface area contributed by atoms with Gasteiger partial charge in [-0.1, -0.05) is 19.1 Å². The molecule has 0 saturated carbocycles. The lowest BCUT2D eigenvalue weighted by atomic mass is 9.84. The molecule has 1 aromatic carbocycles. The van der Waals surface area contributed by atoms with Crippen LogP contribution in [0.4, 0.5) is 0 Å². The van der Waals surface area contributed by atoms with Crippen LogP contribution in [0, 0.1) is 5.92 Å². The van der Waals surface area contributed by atoms with E-state index in [9.17, 15) is 5.11 Å². The van der Waals surface area contributed by atoms with Crippen LogP contribution in [0.1, 0.15) is 24.5 Å². The van der Waals surface area contributed by atoms with Gasteiger partial charge in [-0.15, -0.1) is 0 Å². The molecule has 0 radical (unpaired) electrons. The highest BCUT2D eigenvalue weighted by molar-refractivity contribution is 5.72. The average molecular weight is 218 g/mol. The number of aliphatic hydroxyl groups excluding tert-OH is 1. The van der Waals surface area contributed by atoms with Crippen LogP contribution in [0.2, 0.25) is 0 Å². The van der Waals surface area contributed by atoms with E-state index in [2.05, 4.69) is 25.1 Å². The predicted molar refractivity (Wildman–Crippen MR) is 65.5 cm³/mol. The number of aliphatic hydroxyl groups is 1. The van der Waals surface area contributed by atoms with Gasteiger partial charge in [-0.25, -0.2) is 0 Å². The highest BCUT2D eigenvalue weighted by atomic mass is 16.5. The van der Waals surface area contributed by atoms with Crippen molar-refractivity contribution >= 4 is 5.57 Å². The van der Waals surface area contributed by atoms with Gasteiger partial charge in [-0.2, -0.15) is 0 Å². The minimum Gasteiger partial charge on any atom is -0.497 e. The normalized spacial score (nSPS) is 16.3. The Hall–Kier alpha value is -1.28. The van der Waals surface area contributed by atoms with Crippen molar-refractivity contribution in [2.24, 2.45) is 5.92 Å². The van der Waals surface area contributed by atoms with Crippen molar-refractivity contribution in [2.75, 3.05) is 13.7 Å². The molecule has 2 rings (SSSR count). The van der Waals surface area contributed by atoms with Crippen molar-refractivity contribution in [3.8, 4) is 5.75 Å². The largest absolute Gasteiger partial charge is 0.497 e. The predicted octanol–water partition coefficient (Wildman–Crippen LogP) is 2.65. The van der Waals surface area contributed by atoms with Crippen LogP contribution in [0.5, 0.6) is 5.75 Å². The van der Waals surface area contributed by atoms with Crippen LogP contribution in [0.15, 0.2) is 24.3 Å². The number of benzene rings is 1. The second kappa shape index (κ2) is 4.71. The Morgan fingerprint density at radius 1 is 1.44 bits per heavy atom. The highest BCUT2D eigenvalue weighted by Crippen LogP contribution is 2.33. The molecular weight excluding hydrogens is 200 g/mol. The van der Waals surface area contributed by atoms with Gasteiger partial charge in [-0.05, 0) is 41.7 Å². The fourth-order valence-corrected chi connectivity index (χ4v) is 2.23. The third-order valence-corrected chi connectivity index (χ3v) is 3.21. The maximum absolute atomic E-state index is 9.27. The third-order valence-electron chi connectivity index (χ3n) is 3.21. The molecule has 0 amide bonds. The van der Waals surface area contributed by atoms with Gasteiger partial charge in [0.15, 0.2) is 0 Å². The lowest BCUT2D eigenvalue weighted by Crippen LogP contribution is -2.09. The van der Waals surface area contributed by atoms with Crippen LogP contribution < -0.4 is 4.74 Å². The fraction of sp³-hybridized carbons (Fsp3) is 0.429. The lowest BCUT2D eigenvalue weighted by molar-refractivity contribution is 0.266. The summed E-state index contributed by atoms with van der Waals surface area (Å²) in [7, 11) is 1.68. The van der Waals surface area contributed by atoms with Crippen LogP contribution in [0.3, 0.4) is 0 Å². The molecule has 1 atom stereocenters. The Morgan fingerprint density at radius 2 is 2.25 bits per heavy atom. The summed E-state index contributed by atoms with van der Waals surface area (Å²) in [5.41, 5.74) is 3.86. The Kier molecular flexibility index (Phi) is 3.30. The van der Waals surface area contributed by atoms with E-state index in [-0.39, 0.29) is 12.5 Å². The van der Waals surface area contributed by atoms with Crippen molar-refractivity contribution in [1.29, 1.82) is 0 Å². The van der Waals surface area contributed by atoms with Gasteiger partial charge in [0, 0.05) is 12.5 Å². The van der Waals surface area contributed by atoms with Crippen molar-refractivity contribution in [2.45, 2.75) is 19.8 Å². The molecule has 1 aliphatic rings. The minimum atomic E-state index is 0.197. The van der Waals surface area contributed by atoms with Gasteiger partial charge >= 0.3 is 0 Å². The summed E-state index contributed by atoms with van der Waals surface area (Å²) in [5.74, 6) is 1.09. The third kappa shape index (κ3) is 1.98. The van der Waals surface area contributed by atoms with E-state index in [0.717, 1.165) is 18.6 Å². The summed E-state index contributed by atoms with van der Waals surface area (Å²) in [6.07, 6.45) is 4.39. The molecule has 1 N–H and O–H groups in total. The quantitative estimate of drug-likeness (QED) is 0.845. The van der Waals surface area contributed by atoms with Gasteiger partial charge in [0.1, 0.15) is 5.75 Å². The van der Waals surface area contributed by atoms with Crippen LogP contribution in [0.25, 0.3) is 5.57 Å². The number of hydrogen-bond donors (Lipinski definition) is 1. The van der Waals surface area contributed by atoms with E-state index in [1.165, 1.54) is 16.7 Å². The molecule has 0 bridgehead atoms. The smallest absolute Gasteiger partial charge is 0.119 e. The molecule has 0 spiro atoms. The van der Waals surface area contributed by atoms with Crippen molar-refractivity contribution in [3.63, 3.8) is 0 Å². The highest BCUT2D eigenvalue weighted by Gasteiger charge is 2.17. The molecule has 0 aromatic heterocycles. The molecule has 86 valence electrons. The number of hydrogen-bond acceptors (Lipinski definition) is 2. The van der Waals surface area contributed by atoms with E-state index in [0.29, 0.717) is 0 Å². The molecule has 16 heavy (non-hydrogen) atoms. The van der Waals surface area contributed by atoms with E-state index >= 15 is 0 Å². The Balaban J connectivity index is 2.42. The van der Waals surface area contributed by atoms with E-state index in [1.807, 2.05) is 6.07 Å². The summed E-state index contributed by atoms with van der Waals surface area (Å²) in [6.45, 7) is 2.25. The molecule has 1 aromatic rings.